The maximum Gasteiger partial charge on any atom is 0.164 e. The van der Waals surface area contributed by atoms with E-state index in [1.165, 1.54) is 6.20 Å². The van der Waals surface area contributed by atoms with Crippen molar-refractivity contribution in [3.63, 3.8) is 0 Å². The molecule has 1 heterocycles. The third kappa shape index (κ3) is 3.12. The van der Waals surface area contributed by atoms with Gasteiger partial charge < -0.3 is 5.32 Å². The van der Waals surface area contributed by atoms with Crippen LogP contribution in [0.3, 0.4) is 0 Å². The molecule has 0 amide bonds. The lowest BCUT2D eigenvalue weighted by molar-refractivity contribution is 0.624. The molecule has 0 unspecified atom stereocenters. The minimum absolute atomic E-state index is 0.327. The summed E-state index contributed by atoms with van der Waals surface area (Å²) < 4.78 is 12.9. The van der Waals surface area contributed by atoms with Crippen molar-refractivity contribution >= 4 is 5.69 Å². The van der Waals surface area contributed by atoms with Crippen LogP contribution in [0.25, 0.3) is 0 Å². The van der Waals surface area contributed by atoms with Crippen molar-refractivity contribution in [2.45, 2.75) is 13.3 Å². The van der Waals surface area contributed by atoms with Gasteiger partial charge in [-0.3, -0.25) is 4.98 Å². The zero-order chi connectivity index (χ0) is 9.52. The quantitative estimate of drug-likeness (QED) is 0.566. The largest absolute Gasteiger partial charge is 0.382 e. The Hall–Kier alpha value is -1.56. The van der Waals surface area contributed by atoms with E-state index in [4.69, 9.17) is 0 Å². The van der Waals surface area contributed by atoms with Crippen LogP contribution in [0.15, 0.2) is 18.5 Å². The molecule has 1 aromatic rings. The Morgan fingerprint density at radius 3 is 3.15 bits per heavy atom. The molecular formula is C10H11FN2. The van der Waals surface area contributed by atoms with Crippen LogP contribution < -0.4 is 5.32 Å². The fraction of sp³-hybridized carbons (Fsp3) is 0.300. The first kappa shape index (κ1) is 9.53. The molecule has 0 saturated heterocycles. The molecule has 0 atom stereocenters. The van der Waals surface area contributed by atoms with Crippen molar-refractivity contribution in [1.82, 2.24) is 4.98 Å². The standard InChI is InChI=1S/C10H11FN2/c1-2-3-4-6-13-10-5-7-12-8-9(10)11/h5,7-8H,4,6H2,1H3,(H,12,13). The predicted octanol–water partition coefficient (Wildman–Crippen LogP) is 2.05. The monoisotopic (exact) mass is 178 g/mol. The molecule has 0 spiro atoms. The third-order valence-corrected chi connectivity index (χ3v) is 1.51. The van der Waals surface area contributed by atoms with Gasteiger partial charge in [-0.05, 0) is 13.0 Å². The molecular weight excluding hydrogens is 167 g/mol. The van der Waals surface area contributed by atoms with Gasteiger partial charge in [0.05, 0.1) is 11.9 Å². The molecule has 0 saturated carbocycles. The van der Waals surface area contributed by atoms with E-state index in [0.29, 0.717) is 12.2 Å². The summed E-state index contributed by atoms with van der Waals surface area (Å²) in [7, 11) is 0. The first-order chi connectivity index (χ1) is 6.34. The van der Waals surface area contributed by atoms with Crippen LogP contribution in [0, 0.1) is 17.7 Å². The van der Waals surface area contributed by atoms with Crippen LogP contribution >= 0.6 is 0 Å². The number of hydrogen-bond acceptors (Lipinski definition) is 2. The van der Waals surface area contributed by atoms with Crippen molar-refractivity contribution in [3.05, 3.63) is 24.3 Å². The zero-order valence-electron chi connectivity index (χ0n) is 7.47. The Morgan fingerprint density at radius 1 is 1.62 bits per heavy atom. The van der Waals surface area contributed by atoms with E-state index in [0.717, 1.165) is 6.42 Å². The second-order valence-electron chi connectivity index (χ2n) is 2.46. The molecule has 3 heteroatoms. The number of hydrogen-bond donors (Lipinski definition) is 1. The van der Waals surface area contributed by atoms with Gasteiger partial charge in [0.1, 0.15) is 0 Å². The SMILES string of the molecule is CC#CCCNc1ccncc1F. The van der Waals surface area contributed by atoms with Crippen molar-refractivity contribution < 1.29 is 4.39 Å². The number of halogens is 1. The predicted molar refractivity (Wildman–Crippen MR) is 50.8 cm³/mol. The second-order valence-corrected chi connectivity index (χ2v) is 2.46. The lowest BCUT2D eigenvalue weighted by Crippen LogP contribution is -2.02. The van der Waals surface area contributed by atoms with Crippen LogP contribution in [0.5, 0.6) is 0 Å². The Morgan fingerprint density at radius 2 is 2.46 bits per heavy atom. The summed E-state index contributed by atoms with van der Waals surface area (Å²) in [5.41, 5.74) is 0.480. The highest BCUT2D eigenvalue weighted by atomic mass is 19.1. The maximum absolute atomic E-state index is 12.9. The molecule has 1 aromatic heterocycles. The first-order valence-electron chi connectivity index (χ1n) is 4.07. The summed E-state index contributed by atoms with van der Waals surface area (Å²) in [6.07, 6.45) is 3.46. The lowest BCUT2D eigenvalue weighted by Gasteiger charge is -2.03. The van der Waals surface area contributed by atoms with E-state index in [2.05, 4.69) is 22.1 Å². The van der Waals surface area contributed by atoms with Crippen LogP contribution in [0.2, 0.25) is 0 Å². The minimum atomic E-state index is -0.327. The fourth-order valence-electron chi connectivity index (χ4n) is 0.903. The van der Waals surface area contributed by atoms with Crippen molar-refractivity contribution in [1.29, 1.82) is 0 Å². The van der Waals surface area contributed by atoms with Gasteiger partial charge in [-0.25, -0.2) is 4.39 Å². The summed E-state index contributed by atoms with van der Waals surface area (Å²) in [5.74, 6) is 5.33. The van der Waals surface area contributed by atoms with Gasteiger partial charge in [-0.2, -0.15) is 0 Å². The molecule has 1 rings (SSSR count). The van der Waals surface area contributed by atoms with Crippen molar-refractivity contribution in [3.8, 4) is 11.8 Å². The highest BCUT2D eigenvalue weighted by molar-refractivity contribution is 5.42. The van der Waals surface area contributed by atoms with E-state index in [1.54, 1.807) is 19.2 Å². The number of nitrogens with zero attached hydrogens (tertiary/aromatic N) is 1. The van der Waals surface area contributed by atoms with Gasteiger partial charge in [0.15, 0.2) is 5.82 Å². The molecule has 13 heavy (non-hydrogen) atoms. The average Bonchev–Trinajstić information content (AvgIpc) is 2.15. The molecule has 0 fully saturated rings. The number of pyridine rings is 1. The van der Waals surface area contributed by atoms with E-state index in [-0.39, 0.29) is 5.82 Å². The highest BCUT2D eigenvalue weighted by Crippen LogP contribution is 2.09. The Bertz CT molecular complexity index is 325. The smallest absolute Gasteiger partial charge is 0.164 e. The lowest BCUT2D eigenvalue weighted by atomic mass is 10.3. The summed E-state index contributed by atoms with van der Waals surface area (Å²) in [6.45, 7) is 2.44. The molecule has 0 radical (unpaired) electrons. The summed E-state index contributed by atoms with van der Waals surface area (Å²) >= 11 is 0. The summed E-state index contributed by atoms with van der Waals surface area (Å²) in [4.78, 5) is 3.65. The van der Waals surface area contributed by atoms with Crippen molar-refractivity contribution in [2.24, 2.45) is 0 Å². The number of anilines is 1. The molecule has 0 aromatic carbocycles. The topological polar surface area (TPSA) is 24.9 Å². The maximum atomic E-state index is 12.9. The fourth-order valence-corrected chi connectivity index (χ4v) is 0.903. The van der Waals surface area contributed by atoms with E-state index < -0.39 is 0 Å². The highest BCUT2D eigenvalue weighted by Gasteiger charge is 1.97. The minimum Gasteiger partial charge on any atom is -0.382 e. The van der Waals surface area contributed by atoms with Gasteiger partial charge in [-0.15, -0.1) is 11.8 Å². The molecule has 0 aliphatic rings. The first-order valence-corrected chi connectivity index (χ1v) is 4.07. The van der Waals surface area contributed by atoms with Gasteiger partial charge in [0.2, 0.25) is 0 Å². The number of nitrogens with one attached hydrogen (secondary N) is 1. The van der Waals surface area contributed by atoms with E-state index in [1.807, 2.05) is 0 Å². The van der Waals surface area contributed by atoms with Gasteiger partial charge in [-0.1, -0.05) is 0 Å². The Labute approximate surface area is 77.2 Å². The summed E-state index contributed by atoms with van der Waals surface area (Å²) in [6, 6.07) is 1.61. The van der Waals surface area contributed by atoms with Gasteiger partial charge in [0.25, 0.3) is 0 Å². The number of rotatable bonds is 3. The van der Waals surface area contributed by atoms with Crippen LogP contribution in [0.1, 0.15) is 13.3 Å². The average molecular weight is 178 g/mol. The van der Waals surface area contributed by atoms with E-state index in [9.17, 15) is 4.39 Å². The molecule has 68 valence electrons. The molecule has 0 aliphatic heterocycles. The van der Waals surface area contributed by atoms with Crippen LogP contribution in [0.4, 0.5) is 10.1 Å². The van der Waals surface area contributed by atoms with Crippen molar-refractivity contribution in [2.75, 3.05) is 11.9 Å². The van der Waals surface area contributed by atoms with Crippen LogP contribution in [-0.4, -0.2) is 11.5 Å². The second kappa shape index (κ2) is 5.15. The van der Waals surface area contributed by atoms with Gasteiger partial charge in [0, 0.05) is 19.2 Å². The zero-order valence-corrected chi connectivity index (χ0v) is 7.47. The molecule has 0 bridgehead atoms. The third-order valence-electron chi connectivity index (χ3n) is 1.51. The van der Waals surface area contributed by atoms with Gasteiger partial charge >= 0.3 is 0 Å². The molecule has 2 nitrogen and oxygen atoms in total. The number of aromatic nitrogens is 1. The molecule has 1 N–H and O–H groups in total. The van der Waals surface area contributed by atoms with E-state index >= 15 is 0 Å². The Balaban J connectivity index is 2.44. The Kier molecular flexibility index (Phi) is 3.77. The summed E-state index contributed by atoms with van der Waals surface area (Å²) in [5, 5.41) is 2.93. The normalized spacial score (nSPS) is 8.77. The molecule has 0 aliphatic carbocycles. The van der Waals surface area contributed by atoms with Crippen LogP contribution in [-0.2, 0) is 0 Å².